The van der Waals surface area contributed by atoms with E-state index in [1.54, 1.807) is 12.1 Å². The van der Waals surface area contributed by atoms with Gasteiger partial charge in [0, 0.05) is 31.2 Å². The number of hydrogen-bond acceptors (Lipinski definition) is 4. The van der Waals surface area contributed by atoms with E-state index in [1.165, 1.54) is 26.0 Å². The van der Waals surface area contributed by atoms with Gasteiger partial charge in [-0.25, -0.2) is 0 Å². The number of nitrogens with zero attached hydrogens (tertiary/aromatic N) is 1. The van der Waals surface area contributed by atoms with Gasteiger partial charge < -0.3 is 15.2 Å². The number of aromatic hydroxyl groups is 1. The van der Waals surface area contributed by atoms with Crippen LogP contribution in [0, 0.1) is 0 Å². The second kappa shape index (κ2) is 5.32. The van der Waals surface area contributed by atoms with Crippen LogP contribution in [0.5, 0.6) is 11.5 Å². The highest BCUT2D eigenvalue weighted by molar-refractivity contribution is 5.97. The zero-order chi connectivity index (χ0) is 14.1. The van der Waals surface area contributed by atoms with E-state index in [1.807, 2.05) is 0 Å². The summed E-state index contributed by atoms with van der Waals surface area (Å²) in [5, 5.41) is 12.9. The zero-order valence-electron chi connectivity index (χ0n) is 11.6. The molecule has 20 heavy (non-hydrogen) atoms. The normalized spacial score (nSPS) is 22.8. The molecule has 1 atom stereocenters. The van der Waals surface area contributed by atoms with Gasteiger partial charge in [-0.2, -0.15) is 0 Å². The number of amides is 1. The van der Waals surface area contributed by atoms with E-state index in [-0.39, 0.29) is 17.7 Å². The monoisotopic (exact) mass is 276 g/mol. The Kier molecular flexibility index (Phi) is 3.53. The summed E-state index contributed by atoms with van der Waals surface area (Å²) in [5.41, 5.74) is 0.302. The molecule has 1 heterocycles. The summed E-state index contributed by atoms with van der Waals surface area (Å²) in [6, 6.07) is 5.66. The molecule has 1 amide bonds. The molecule has 0 radical (unpaired) electrons. The average molecular weight is 276 g/mol. The molecule has 5 heteroatoms. The van der Waals surface area contributed by atoms with Gasteiger partial charge in [-0.15, -0.1) is 0 Å². The quantitative estimate of drug-likeness (QED) is 0.872. The number of rotatable bonds is 4. The van der Waals surface area contributed by atoms with Crippen LogP contribution in [0.4, 0.5) is 0 Å². The number of carbonyl (C=O) groups excluding carboxylic acids is 1. The van der Waals surface area contributed by atoms with E-state index in [0.29, 0.717) is 11.3 Å². The summed E-state index contributed by atoms with van der Waals surface area (Å²) in [6.07, 6.45) is 3.57. The van der Waals surface area contributed by atoms with E-state index >= 15 is 0 Å². The van der Waals surface area contributed by atoms with Crippen LogP contribution in [0.25, 0.3) is 0 Å². The number of phenolic OH excluding ortho intramolecular Hbond substituents is 1. The molecule has 1 saturated heterocycles. The topological polar surface area (TPSA) is 61.8 Å². The van der Waals surface area contributed by atoms with Gasteiger partial charge in [0.25, 0.3) is 5.91 Å². The van der Waals surface area contributed by atoms with Gasteiger partial charge in [0.05, 0.1) is 12.7 Å². The van der Waals surface area contributed by atoms with E-state index in [4.69, 9.17) is 4.74 Å². The van der Waals surface area contributed by atoms with E-state index in [0.717, 1.165) is 25.6 Å². The van der Waals surface area contributed by atoms with Gasteiger partial charge in [0.2, 0.25) is 0 Å². The standard InChI is InChI=1S/C15H20N2O3/c1-20-12-4-5-13(14(18)8-12)15(19)16-10-6-7-17(9-10)11-2-3-11/h4-5,8,10-11,18H,2-3,6-7,9H2,1H3,(H,16,19)/t10-/m0/s1. The Labute approximate surface area is 118 Å². The van der Waals surface area contributed by atoms with Crippen molar-refractivity contribution in [2.45, 2.75) is 31.3 Å². The maximum Gasteiger partial charge on any atom is 0.255 e. The second-order valence-electron chi connectivity index (χ2n) is 5.57. The first kappa shape index (κ1) is 13.2. The summed E-state index contributed by atoms with van der Waals surface area (Å²) in [5.74, 6) is 0.284. The first-order chi connectivity index (χ1) is 9.67. The number of methoxy groups -OCH3 is 1. The van der Waals surface area contributed by atoms with E-state index in [2.05, 4.69) is 10.2 Å². The van der Waals surface area contributed by atoms with Crippen molar-refractivity contribution < 1.29 is 14.6 Å². The number of carbonyl (C=O) groups is 1. The number of likely N-dealkylation sites (tertiary alicyclic amines) is 1. The molecule has 1 aliphatic carbocycles. The Hall–Kier alpha value is -1.75. The fourth-order valence-corrected chi connectivity index (χ4v) is 2.77. The molecule has 0 unspecified atom stereocenters. The highest BCUT2D eigenvalue weighted by Gasteiger charge is 2.34. The van der Waals surface area contributed by atoms with Crippen LogP contribution in [0.1, 0.15) is 29.6 Å². The predicted molar refractivity (Wildman–Crippen MR) is 75.1 cm³/mol. The number of phenols is 1. The summed E-state index contributed by atoms with van der Waals surface area (Å²) < 4.78 is 5.01. The Bertz CT molecular complexity index is 514. The van der Waals surface area contributed by atoms with Crippen molar-refractivity contribution in [1.29, 1.82) is 0 Å². The third-order valence-electron chi connectivity index (χ3n) is 4.07. The molecule has 2 aliphatic rings. The van der Waals surface area contributed by atoms with Crippen LogP contribution < -0.4 is 10.1 Å². The van der Waals surface area contributed by atoms with Gasteiger partial charge in [-0.3, -0.25) is 9.69 Å². The number of ether oxygens (including phenoxy) is 1. The van der Waals surface area contributed by atoms with Crippen LogP contribution in [-0.2, 0) is 0 Å². The molecule has 108 valence electrons. The molecular formula is C15H20N2O3. The fourth-order valence-electron chi connectivity index (χ4n) is 2.77. The van der Waals surface area contributed by atoms with Gasteiger partial charge in [0.15, 0.2) is 0 Å². The minimum atomic E-state index is -0.215. The highest BCUT2D eigenvalue weighted by atomic mass is 16.5. The van der Waals surface area contributed by atoms with Crippen LogP contribution >= 0.6 is 0 Å². The molecule has 1 aromatic rings. The lowest BCUT2D eigenvalue weighted by Crippen LogP contribution is -2.37. The Morgan fingerprint density at radius 3 is 2.85 bits per heavy atom. The zero-order valence-corrected chi connectivity index (χ0v) is 11.6. The first-order valence-electron chi connectivity index (χ1n) is 7.09. The molecule has 1 aliphatic heterocycles. The molecule has 0 spiro atoms. The Morgan fingerprint density at radius 2 is 2.20 bits per heavy atom. The number of hydrogen-bond donors (Lipinski definition) is 2. The van der Waals surface area contributed by atoms with Crippen LogP contribution in [0.3, 0.4) is 0 Å². The summed E-state index contributed by atoms with van der Waals surface area (Å²) >= 11 is 0. The van der Waals surface area contributed by atoms with Crippen LogP contribution in [0.2, 0.25) is 0 Å². The van der Waals surface area contributed by atoms with Crippen molar-refractivity contribution in [1.82, 2.24) is 10.2 Å². The van der Waals surface area contributed by atoms with E-state index in [9.17, 15) is 9.90 Å². The van der Waals surface area contributed by atoms with Crippen molar-refractivity contribution in [3.05, 3.63) is 23.8 Å². The number of nitrogens with one attached hydrogen (secondary N) is 1. The van der Waals surface area contributed by atoms with E-state index < -0.39 is 0 Å². The summed E-state index contributed by atoms with van der Waals surface area (Å²) in [6.45, 7) is 1.98. The molecule has 2 fully saturated rings. The second-order valence-corrected chi connectivity index (χ2v) is 5.57. The average Bonchev–Trinajstić information content (AvgIpc) is 3.19. The molecule has 3 rings (SSSR count). The third kappa shape index (κ3) is 2.72. The lowest BCUT2D eigenvalue weighted by atomic mass is 10.1. The highest BCUT2D eigenvalue weighted by Crippen LogP contribution is 2.30. The lowest BCUT2D eigenvalue weighted by molar-refractivity contribution is 0.0935. The van der Waals surface area contributed by atoms with Crippen molar-refractivity contribution in [2.75, 3.05) is 20.2 Å². The smallest absolute Gasteiger partial charge is 0.255 e. The maximum atomic E-state index is 12.2. The van der Waals surface area contributed by atoms with Crippen molar-refractivity contribution in [3.63, 3.8) is 0 Å². The van der Waals surface area contributed by atoms with Gasteiger partial charge >= 0.3 is 0 Å². The minimum absolute atomic E-state index is 0.0427. The van der Waals surface area contributed by atoms with Crippen LogP contribution in [0.15, 0.2) is 18.2 Å². The molecule has 1 aromatic carbocycles. The third-order valence-corrected chi connectivity index (χ3v) is 4.07. The van der Waals surface area contributed by atoms with Gasteiger partial charge in [-0.1, -0.05) is 0 Å². The molecule has 5 nitrogen and oxygen atoms in total. The first-order valence-corrected chi connectivity index (χ1v) is 7.09. The molecule has 1 saturated carbocycles. The number of benzene rings is 1. The maximum absolute atomic E-state index is 12.2. The molecule has 0 aromatic heterocycles. The fraction of sp³-hybridized carbons (Fsp3) is 0.533. The lowest BCUT2D eigenvalue weighted by Gasteiger charge is -2.16. The van der Waals surface area contributed by atoms with Crippen molar-refractivity contribution in [2.24, 2.45) is 0 Å². The Balaban J connectivity index is 1.61. The predicted octanol–water partition coefficient (Wildman–Crippen LogP) is 1.37. The largest absolute Gasteiger partial charge is 0.507 e. The minimum Gasteiger partial charge on any atom is -0.507 e. The molecular weight excluding hydrogens is 256 g/mol. The summed E-state index contributed by atoms with van der Waals surface area (Å²) in [4.78, 5) is 14.6. The van der Waals surface area contributed by atoms with Crippen molar-refractivity contribution >= 4 is 5.91 Å². The molecule has 0 bridgehead atoms. The Morgan fingerprint density at radius 1 is 1.40 bits per heavy atom. The van der Waals surface area contributed by atoms with Crippen LogP contribution in [-0.4, -0.2) is 48.2 Å². The van der Waals surface area contributed by atoms with Crippen molar-refractivity contribution in [3.8, 4) is 11.5 Å². The van der Waals surface area contributed by atoms with Gasteiger partial charge in [0.1, 0.15) is 11.5 Å². The summed E-state index contributed by atoms with van der Waals surface area (Å²) in [7, 11) is 1.53. The van der Waals surface area contributed by atoms with Gasteiger partial charge in [-0.05, 0) is 31.4 Å². The molecule has 2 N–H and O–H groups in total. The SMILES string of the molecule is COc1ccc(C(=O)N[C@H]2CCN(C3CC3)C2)c(O)c1.